The summed E-state index contributed by atoms with van der Waals surface area (Å²) in [6, 6.07) is 0. The molecule has 0 unspecified atom stereocenters. The van der Waals surface area contributed by atoms with Gasteiger partial charge in [-0.25, -0.2) is 0 Å². The summed E-state index contributed by atoms with van der Waals surface area (Å²) in [5, 5.41) is 25.4. The van der Waals surface area contributed by atoms with E-state index in [1.165, 1.54) is 0 Å². The van der Waals surface area contributed by atoms with Crippen LogP contribution >= 0.6 is 0 Å². The molecule has 0 amide bonds. The fourth-order valence-corrected chi connectivity index (χ4v) is 0.150. The number of rotatable bonds is 3. The molecule has 146 valence electrons. The predicted molar refractivity (Wildman–Crippen MR) is 71.9 cm³/mol. The smallest absolute Gasteiger partial charge is 0.394 e. The van der Waals surface area contributed by atoms with Gasteiger partial charge in [-0.2, -0.15) is 25.3 Å². The van der Waals surface area contributed by atoms with Crippen LogP contribution in [0.1, 0.15) is 6.92 Å². The lowest BCUT2D eigenvalue weighted by Gasteiger charge is -2.20. The van der Waals surface area contributed by atoms with E-state index in [4.69, 9.17) is 67.9 Å². The highest BCUT2D eigenvalue weighted by atomic mass is 32.3. The van der Waals surface area contributed by atoms with Crippen LogP contribution in [0.4, 0.5) is 0 Å². The lowest BCUT2D eigenvalue weighted by atomic mass is 9.95. The Balaban J connectivity index is -0.000000108. The fourth-order valence-electron chi connectivity index (χ4n) is 0.150. The SMILES string of the molecule is CC(CO)(CO)CO.O=S(=O)(O)O.O=S(=O)(O)O.O=S(=O)(O)O. The third-order valence-corrected chi connectivity index (χ3v) is 1.15. The number of hydrogen-bond donors (Lipinski definition) is 9. The summed E-state index contributed by atoms with van der Waals surface area (Å²) in [7, 11) is -14.0. The lowest BCUT2D eigenvalue weighted by molar-refractivity contribution is 0.0200. The minimum Gasteiger partial charge on any atom is -0.396 e. The van der Waals surface area contributed by atoms with E-state index in [0.29, 0.717) is 0 Å². The summed E-state index contributed by atoms with van der Waals surface area (Å²) < 4.78 is 94.8. The van der Waals surface area contributed by atoms with E-state index in [9.17, 15) is 0 Å². The van der Waals surface area contributed by atoms with Gasteiger partial charge in [0.15, 0.2) is 0 Å². The number of hydrogen-bond acceptors (Lipinski definition) is 9. The van der Waals surface area contributed by atoms with Crippen LogP contribution in [-0.4, -0.2) is 87.7 Å². The monoisotopic (exact) mass is 414 g/mol. The van der Waals surface area contributed by atoms with Crippen LogP contribution in [0.3, 0.4) is 0 Å². The van der Waals surface area contributed by atoms with Crippen molar-refractivity contribution in [2.45, 2.75) is 6.92 Å². The van der Waals surface area contributed by atoms with Crippen molar-refractivity contribution >= 4 is 31.2 Å². The van der Waals surface area contributed by atoms with E-state index in [2.05, 4.69) is 0 Å². The average Bonchev–Trinajstić information content (AvgIpc) is 2.21. The zero-order valence-corrected chi connectivity index (χ0v) is 13.8. The first-order valence-corrected chi connectivity index (χ1v) is 8.80. The molecule has 0 saturated carbocycles. The van der Waals surface area contributed by atoms with Crippen molar-refractivity contribution in [3.05, 3.63) is 0 Å². The van der Waals surface area contributed by atoms with Crippen LogP contribution in [0.25, 0.3) is 0 Å². The molecule has 0 rings (SSSR count). The molecule has 9 N–H and O–H groups in total. The average molecular weight is 414 g/mol. The molecule has 18 heteroatoms. The Labute approximate surface area is 131 Å². The lowest BCUT2D eigenvalue weighted by Crippen LogP contribution is -2.29. The Bertz CT molecular complexity index is 463. The van der Waals surface area contributed by atoms with Crippen LogP contribution in [0.15, 0.2) is 0 Å². The van der Waals surface area contributed by atoms with Crippen LogP contribution in [0.2, 0.25) is 0 Å². The van der Waals surface area contributed by atoms with E-state index in [-0.39, 0.29) is 19.8 Å². The van der Waals surface area contributed by atoms with Gasteiger partial charge in [0.2, 0.25) is 0 Å². The Morgan fingerprint density at radius 2 is 0.652 bits per heavy atom. The normalized spacial score (nSPS) is 11.7. The molecule has 0 aromatic rings. The third kappa shape index (κ3) is 113. The molecule has 0 bridgehead atoms. The number of aliphatic hydroxyl groups excluding tert-OH is 3. The second kappa shape index (κ2) is 12.9. The maximum absolute atomic E-state index is 8.74. The topological polar surface area (TPSA) is 284 Å². The van der Waals surface area contributed by atoms with Crippen LogP contribution < -0.4 is 0 Å². The van der Waals surface area contributed by atoms with Crippen molar-refractivity contribution in [1.29, 1.82) is 0 Å². The van der Waals surface area contributed by atoms with E-state index in [1.54, 1.807) is 6.92 Å². The molecular weight excluding hydrogens is 396 g/mol. The molecule has 0 aliphatic carbocycles. The number of aliphatic hydroxyl groups is 3. The van der Waals surface area contributed by atoms with Gasteiger partial charge in [-0.15, -0.1) is 0 Å². The third-order valence-electron chi connectivity index (χ3n) is 1.15. The van der Waals surface area contributed by atoms with E-state index >= 15 is 0 Å². The molecule has 23 heavy (non-hydrogen) atoms. The van der Waals surface area contributed by atoms with Gasteiger partial charge < -0.3 is 15.3 Å². The van der Waals surface area contributed by atoms with E-state index < -0.39 is 36.6 Å². The van der Waals surface area contributed by atoms with Crippen molar-refractivity contribution in [2.24, 2.45) is 5.41 Å². The second-order valence-corrected chi connectivity index (χ2v) is 6.32. The highest BCUT2D eigenvalue weighted by Gasteiger charge is 2.20. The van der Waals surface area contributed by atoms with E-state index in [1.807, 2.05) is 0 Å². The van der Waals surface area contributed by atoms with Gasteiger partial charge in [0.25, 0.3) is 0 Å². The highest BCUT2D eigenvalue weighted by molar-refractivity contribution is 7.80. The molecule has 0 saturated heterocycles. The van der Waals surface area contributed by atoms with Gasteiger partial charge in [-0.1, -0.05) is 6.92 Å². The van der Waals surface area contributed by atoms with Crippen LogP contribution in [0.5, 0.6) is 0 Å². The Hall–Kier alpha value is -0.510. The zero-order valence-electron chi connectivity index (χ0n) is 11.3. The molecular formula is C5H18O15S3. The summed E-state index contributed by atoms with van der Waals surface area (Å²) in [5.41, 5.74) is -0.708. The van der Waals surface area contributed by atoms with Crippen molar-refractivity contribution in [3.8, 4) is 0 Å². The van der Waals surface area contributed by atoms with Gasteiger partial charge in [-0.3, -0.25) is 27.3 Å². The van der Waals surface area contributed by atoms with Gasteiger partial charge in [0.05, 0.1) is 19.8 Å². The quantitative estimate of drug-likeness (QED) is 0.208. The second-order valence-electron chi connectivity index (χ2n) is 3.63. The van der Waals surface area contributed by atoms with Crippen LogP contribution in [0, 0.1) is 5.41 Å². The summed E-state index contributed by atoms with van der Waals surface area (Å²) in [5.74, 6) is 0. The van der Waals surface area contributed by atoms with Crippen molar-refractivity contribution < 1.29 is 67.9 Å². The molecule has 0 radical (unpaired) electrons. The minimum atomic E-state index is -4.67. The standard InChI is InChI=1S/C5H12O3.3H2O4S/c1-5(2-6,3-7)4-8;3*1-5(2,3)4/h6-8H,2-4H2,1H3;3*(H2,1,2,3,4). The summed E-state index contributed by atoms with van der Waals surface area (Å²) in [4.78, 5) is 0. The summed E-state index contributed by atoms with van der Waals surface area (Å²) in [6.07, 6.45) is 0. The molecule has 0 fully saturated rings. The molecule has 0 aliphatic rings. The van der Waals surface area contributed by atoms with Crippen molar-refractivity contribution in [3.63, 3.8) is 0 Å². The highest BCUT2D eigenvalue weighted by Crippen LogP contribution is 2.10. The van der Waals surface area contributed by atoms with Gasteiger partial charge in [-0.05, 0) is 0 Å². The molecule has 0 heterocycles. The molecule has 0 aliphatic heterocycles. The molecule has 0 atom stereocenters. The van der Waals surface area contributed by atoms with E-state index in [0.717, 1.165) is 0 Å². The Morgan fingerprint density at radius 3 is 0.652 bits per heavy atom. The van der Waals surface area contributed by atoms with Crippen molar-refractivity contribution in [1.82, 2.24) is 0 Å². The largest absolute Gasteiger partial charge is 0.396 e. The zero-order chi connectivity index (χ0) is 20.1. The maximum Gasteiger partial charge on any atom is 0.394 e. The first-order valence-electron chi connectivity index (χ1n) is 4.60. The van der Waals surface area contributed by atoms with Crippen molar-refractivity contribution in [2.75, 3.05) is 19.8 Å². The maximum atomic E-state index is 8.74. The summed E-state index contributed by atoms with van der Waals surface area (Å²) >= 11 is 0. The van der Waals surface area contributed by atoms with Gasteiger partial charge in [0.1, 0.15) is 0 Å². The molecule has 15 nitrogen and oxygen atoms in total. The fraction of sp³-hybridized carbons (Fsp3) is 1.00. The Kier molecular flexibility index (Phi) is 17.0. The minimum absolute atomic E-state index is 0.181. The molecule has 0 spiro atoms. The molecule has 0 aromatic heterocycles. The first kappa shape index (κ1) is 30.4. The van der Waals surface area contributed by atoms with Gasteiger partial charge >= 0.3 is 31.2 Å². The van der Waals surface area contributed by atoms with Gasteiger partial charge in [0, 0.05) is 5.41 Å². The first-order chi connectivity index (χ1) is 9.68. The summed E-state index contributed by atoms with van der Waals surface area (Å²) in [6.45, 7) is 1.06. The molecule has 0 aromatic carbocycles. The predicted octanol–water partition coefficient (Wildman–Crippen LogP) is -2.99. The Morgan fingerprint density at radius 1 is 0.565 bits per heavy atom. The van der Waals surface area contributed by atoms with Crippen LogP contribution in [-0.2, 0) is 31.2 Å².